The average molecular weight is 268 g/mol. The molecular formula is C12H23F3N2O. The van der Waals surface area contributed by atoms with Crippen LogP contribution in [0.25, 0.3) is 0 Å². The third kappa shape index (κ3) is 5.12. The van der Waals surface area contributed by atoms with Crippen LogP contribution in [0.2, 0.25) is 0 Å². The molecule has 1 rings (SSSR count). The van der Waals surface area contributed by atoms with Crippen LogP contribution in [0.5, 0.6) is 0 Å². The van der Waals surface area contributed by atoms with Gasteiger partial charge in [0.2, 0.25) is 0 Å². The minimum atomic E-state index is -4.04. The molecule has 3 nitrogen and oxygen atoms in total. The zero-order valence-electron chi connectivity index (χ0n) is 10.8. The Morgan fingerprint density at radius 3 is 2.39 bits per heavy atom. The van der Waals surface area contributed by atoms with Crippen molar-refractivity contribution < 1.29 is 18.3 Å². The number of hydrogen-bond donors (Lipinski definition) is 2. The maximum absolute atomic E-state index is 12.5. The number of nitrogens with one attached hydrogen (secondary N) is 1. The van der Waals surface area contributed by atoms with Crippen molar-refractivity contribution in [2.24, 2.45) is 5.92 Å². The van der Waals surface area contributed by atoms with Crippen LogP contribution in [0.1, 0.15) is 26.2 Å². The van der Waals surface area contributed by atoms with Crippen molar-refractivity contribution in [1.82, 2.24) is 10.2 Å². The first-order chi connectivity index (χ1) is 8.47. The van der Waals surface area contributed by atoms with Crippen molar-refractivity contribution >= 4 is 0 Å². The van der Waals surface area contributed by atoms with Crippen LogP contribution in [0, 0.1) is 5.92 Å². The summed E-state index contributed by atoms with van der Waals surface area (Å²) in [6, 6.07) is 0.0512. The lowest BCUT2D eigenvalue weighted by atomic mass is 9.96. The molecule has 0 aromatic rings. The maximum Gasteiger partial charge on any atom is 0.391 e. The van der Waals surface area contributed by atoms with Gasteiger partial charge in [0, 0.05) is 6.04 Å². The van der Waals surface area contributed by atoms with E-state index in [0.29, 0.717) is 13.1 Å². The standard InChI is InChI=1S/C12H23F3N2O/c1-2-16-11(9-18)5-8-17-6-3-10(4-7-17)12(13,14)15/h10-11,16,18H,2-9H2,1H3. The first-order valence-corrected chi connectivity index (χ1v) is 6.60. The lowest BCUT2D eigenvalue weighted by Crippen LogP contribution is -2.42. The summed E-state index contributed by atoms with van der Waals surface area (Å²) in [5.41, 5.74) is 0. The predicted octanol–water partition coefficient (Wildman–Crippen LogP) is 1.62. The molecule has 0 aliphatic carbocycles. The van der Waals surface area contributed by atoms with E-state index in [1.807, 2.05) is 6.92 Å². The predicted molar refractivity (Wildman–Crippen MR) is 64.4 cm³/mol. The third-order valence-electron chi connectivity index (χ3n) is 3.56. The van der Waals surface area contributed by atoms with E-state index in [1.165, 1.54) is 0 Å². The summed E-state index contributed by atoms with van der Waals surface area (Å²) in [6.07, 6.45) is -2.85. The summed E-state index contributed by atoms with van der Waals surface area (Å²) in [5.74, 6) is -1.13. The Kier molecular flexibility index (Phi) is 6.38. The number of halogens is 3. The van der Waals surface area contributed by atoms with Crippen molar-refractivity contribution in [2.45, 2.75) is 38.4 Å². The molecular weight excluding hydrogens is 245 g/mol. The fraction of sp³-hybridized carbons (Fsp3) is 1.00. The zero-order valence-corrected chi connectivity index (χ0v) is 10.8. The molecule has 1 fully saturated rings. The van der Waals surface area contributed by atoms with Crippen LogP contribution in [-0.2, 0) is 0 Å². The van der Waals surface area contributed by atoms with Crippen molar-refractivity contribution in [2.75, 3.05) is 32.8 Å². The van der Waals surface area contributed by atoms with E-state index in [1.54, 1.807) is 0 Å². The normalized spacial score (nSPS) is 21.2. The molecule has 1 unspecified atom stereocenters. The second-order valence-corrected chi connectivity index (χ2v) is 4.88. The molecule has 1 aliphatic rings. The highest BCUT2D eigenvalue weighted by Gasteiger charge is 2.40. The zero-order chi connectivity index (χ0) is 13.6. The first kappa shape index (κ1) is 15.7. The Balaban J connectivity index is 2.23. The van der Waals surface area contributed by atoms with Gasteiger partial charge in [0.1, 0.15) is 0 Å². The molecule has 0 saturated carbocycles. The van der Waals surface area contributed by atoms with E-state index < -0.39 is 12.1 Å². The Bertz CT molecular complexity index is 228. The van der Waals surface area contributed by atoms with E-state index in [4.69, 9.17) is 5.11 Å². The van der Waals surface area contributed by atoms with Gasteiger partial charge in [-0.2, -0.15) is 13.2 Å². The maximum atomic E-state index is 12.5. The van der Waals surface area contributed by atoms with Gasteiger partial charge in [-0.3, -0.25) is 0 Å². The fourth-order valence-electron chi connectivity index (χ4n) is 2.37. The number of aliphatic hydroxyl groups is 1. The molecule has 0 aromatic carbocycles. The molecule has 1 atom stereocenters. The van der Waals surface area contributed by atoms with Crippen LogP contribution in [-0.4, -0.2) is 55.0 Å². The van der Waals surface area contributed by atoms with Crippen molar-refractivity contribution in [3.63, 3.8) is 0 Å². The van der Waals surface area contributed by atoms with Crippen LogP contribution in [0.3, 0.4) is 0 Å². The summed E-state index contributed by atoms with van der Waals surface area (Å²) >= 11 is 0. The third-order valence-corrected chi connectivity index (χ3v) is 3.56. The van der Waals surface area contributed by atoms with Crippen LogP contribution >= 0.6 is 0 Å². The van der Waals surface area contributed by atoms with E-state index >= 15 is 0 Å². The number of hydrogen-bond acceptors (Lipinski definition) is 3. The van der Waals surface area contributed by atoms with Crippen LogP contribution in [0.4, 0.5) is 13.2 Å². The number of rotatable bonds is 6. The van der Waals surface area contributed by atoms with Gasteiger partial charge in [0.15, 0.2) is 0 Å². The van der Waals surface area contributed by atoms with Gasteiger partial charge < -0.3 is 15.3 Å². The Hall–Kier alpha value is -0.330. The summed E-state index contributed by atoms with van der Waals surface area (Å²) < 4.78 is 37.4. The van der Waals surface area contributed by atoms with E-state index in [9.17, 15) is 13.2 Å². The van der Waals surface area contributed by atoms with Crippen molar-refractivity contribution in [3.05, 3.63) is 0 Å². The molecule has 0 aromatic heterocycles. The number of likely N-dealkylation sites (N-methyl/N-ethyl adjacent to an activating group) is 1. The highest BCUT2D eigenvalue weighted by molar-refractivity contribution is 4.78. The summed E-state index contributed by atoms with van der Waals surface area (Å²) in [5, 5.41) is 12.3. The van der Waals surface area contributed by atoms with Crippen molar-refractivity contribution in [3.8, 4) is 0 Å². The molecule has 1 heterocycles. The quantitative estimate of drug-likeness (QED) is 0.768. The van der Waals surface area contributed by atoms with Gasteiger partial charge in [-0.05, 0) is 45.4 Å². The largest absolute Gasteiger partial charge is 0.395 e. The van der Waals surface area contributed by atoms with Gasteiger partial charge >= 0.3 is 6.18 Å². The van der Waals surface area contributed by atoms with Crippen molar-refractivity contribution in [1.29, 1.82) is 0 Å². The second-order valence-electron chi connectivity index (χ2n) is 4.88. The van der Waals surface area contributed by atoms with E-state index in [2.05, 4.69) is 10.2 Å². The minimum absolute atomic E-state index is 0.0512. The number of alkyl halides is 3. The van der Waals surface area contributed by atoms with Gasteiger partial charge in [-0.15, -0.1) is 0 Å². The number of likely N-dealkylation sites (tertiary alicyclic amines) is 1. The fourth-order valence-corrected chi connectivity index (χ4v) is 2.37. The van der Waals surface area contributed by atoms with Crippen LogP contribution < -0.4 is 5.32 Å². The first-order valence-electron chi connectivity index (χ1n) is 6.60. The van der Waals surface area contributed by atoms with Gasteiger partial charge in [0.05, 0.1) is 12.5 Å². The SMILES string of the molecule is CCNC(CO)CCN1CCC(C(F)(F)F)CC1. The average Bonchev–Trinajstić information content (AvgIpc) is 2.34. The molecule has 6 heteroatoms. The molecule has 0 amide bonds. The Labute approximate surface area is 106 Å². The molecule has 18 heavy (non-hydrogen) atoms. The van der Waals surface area contributed by atoms with Gasteiger partial charge in [-0.1, -0.05) is 6.92 Å². The topological polar surface area (TPSA) is 35.5 Å². The monoisotopic (exact) mass is 268 g/mol. The molecule has 1 aliphatic heterocycles. The van der Waals surface area contributed by atoms with E-state index in [0.717, 1.165) is 19.5 Å². The molecule has 0 radical (unpaired) electrons. The minimum Gasteiger partial charge on any atom is -0.395 e. The Morgan fingerprint density at radius 2 is 1.94 bits per heavy atom. The van der Waals surface area contributed by atoms with Gasteiger partial charge in [0.25, 0.3) is 0 Å². The lowest BCUT2D eigenvalue weighted by molar-refractivity contribution is -0.185. The molecule has 0 bridgehead atoms. The summed E-state index contributed by atoms with van der Waals surface area (Å²) in [4.78, 5) is 2.06. The molecule has 108 valence electrons. The van der Waals surface area contributed by atoms with Crippen LogP contribution in [0.15, 0.2) is 0 Å². The Morgan fingerprint density at radius 1 is 1.33 bits per heavy atom. The molecule has 1 saturated heterocycles. The number of piperidine rings is 1. The number of nitrogens with zero attached hydrogens (tertiary/aromatic N) is 1. The smallest absolute Gasteiger partial charge is 0.391 e. The second kappa shape index (κ2) is 7.31. The highest BCUT2D eigenvalue weighted by atomic mass is 19.4. The summed E-state index contributed by atoms with van der Waals surface area (Å²) in [7, 11) is 0. The molecule has 2 N–H and O–H groups in total. The lowest BCUT2D eigenvalue weighted by Gasteiger charge is -2.33. The highest BCUT2D eigenvalue weighted by Crippen LogP contribution is 2.33. The molecule has 0 spiro atoms. The number of aliphatic hydroxyl groups excluding tert-OH is 1. The van der Waals surface area contributed by atoms with Gasteiger partial charge in [-0.25, -0.2) is 0 Å². The van der Waals surface area contributed by atoms with E-state index in [-0.39, 0.29) is 25.5 Å². The summed E-state index contributed by atoms with van der Waals surface area (Å²) in [6.45, 7) is 4.61.